The molecule has 0 unspecified atom stereocenters. The van der Waals surface area contributed by atoms with Gasteiger partial charge in [0.05, 0.1) is 28.5 Å². The SMILES string of the molecule is CCc1cc(Cl)cc(CC(=O)NC(C=Nc2nc3ccccc3s2)=CN)c1. The first kappa shape index (κ1) is 19.1. The maximum absolute atomic E-state index is 12.3. The Bertz CT molecular complexity index is 993. The summed E-state index contributed by atoms with van der Waals surface area (Å²) in [5.41, 5.74) is 8.88. The molecule has 27 heavy (non-hydrogen) atoms. The van der Waals surface area contributed by atoms with Crippen LogP contribution < -0.4 is 11.1 Å². The number of hydrogen-bond donors (Lipinski definition) is 2. The molecule has 3 N–H and O–H groups in total. The minimum absolute atomic E-state index is 0.188. The van der Waals surface area contributed by atoms with Crippen LogP contribution in [-0.2, 0) is 17.6 Å². The van der Waals surface area contributed by atoms with Gasteiger partial charge in [-0.1, -0.05) is 48.1 Å². The van der Waals surface area contributed by atoms with Gasteiger partial charge in [0.15, 0.2) is 0 Å². The van der Waals surface area contributed by atoms with Crippen LogP contribution in [0.25, 0.3) is 10.2 Å². The fourth-order valence-electron chi connectivity index (χ4n) is 2.57. The van der Waals surface area contributed by atoms with Crippen molar-refractivity contribution in [3.8, 4) is 0 Å². The highest BCUT2D eigenvalue weighted by molar-refractivity contribution is 7.22. The summed E-state index contributed by atoms with van der Waals surface area (Å²) in [5, 5.41) is 3.99. The van der Waals surface area contributed by atoms with Gasteiger partial charge in [-0.25, -0.2) is 9.98 Å². The van der Waals surface area contributed by atoms with Gasteiger partial charge in [0.1, 0.15) is 0 Å². The summed E-state index contributed by atoms with van der Waals surface area (Å²) in [7, 11) is 0. The van der Waals surface area contributed by atoms with E-state index in [0.717, 1.165) is 27.8 Å². The molecule has 1 aromatic heterocycles. The Morgan fingerprint density at radius 2 is 2.07 bits per heavy atom. The number of rotatable bonds is 6. The molecule has 2 aromatic carbocycles. The lowest BCUT2D eigenvalue weighted by atomic mass is 10.1. The van der Waals surface area contributed by atoms with Crippen molar-refractivity contribution in [2.75, 3.05) is 0 Å². The molecule has 1 amide bonds. The van der Waals surface area contributed by atoms with E-state index in [2.05, 4.69) is 15.3 Å². The highest BCUT2D eigenvalue weighted by Crippen LogP contribution is 2.27. The summed E-state index contributed by atoms with van der Waals surface area (Å²) in [5.74, 6) is -0.188. The quantitative estimate of drug-likeness (QED) is 0.605. The highest BCUT2D eigenvalue weighted by atomic mass is 35.5. The van der Waals surface area contributed by atoms with Crippen molar-refractivity contribution in [1.29, 1.82) is 0 Å². The molecule has 0 bridgehead atoms. The first-order chi connectivity index (χ1) is 13.1. The maximum Gasteiger partial charge on any atom is 0.228 e. The number of hydrogen-bond acceptors (Lipinski definition) is 5. The molecule has 1 heterocycles. The molecule has 0 saturated carbocycles. The zero-order chi connectivity index (χ0) is 19.2. The number of thiazole rings is 1. The van der Waals surface area contributed by atoms with Crippen LogP contribution in [0.1, 0.15) is 18.1 Å². The van der Waals surface area contributed by atoms with Crippen molar-refractivity contribution >= 4 is 50.4 Å². The summed E-state index contributed by atoms with van der Waals surface area (Å²) in [4.78, 5) is 21.1. The summed E-state index contributed by atoms with van der Waals surface area (Å²) in [6.07, 6.45) is 3.88. The van der Waals surface area contributed by atoms with Crippen molar-refractivity contribution in [2.45, 2.75) is 19.8 Å². The van der Waals surface area contributed by atoms with Crippen LogP contribution in [0.15, 0.2) is 59.4 Å². The maximum atomic E-state index is 12.3. The number of nitrogens with two attached hydrogens (primary N) is 1. The van der Waals surface area contributed by atoms with Gasteiger partial charge in [-0.3, -0.25) is 4.79 Å². The highest BCUT2D eigenvalue weighted by Gasteiger charge is 2.07. The molecular formula is C20H19ClN4OS. The zero-order valence-corrected chi connectivity index (χ0v) is 16.3. The molecule has 0 radical (unpaired) electrons. The lowest BCUT2D eigenvalue weighted by Crippen LogP contribution is -2.26. The first-order valence-corrected chi connectivity index (χ1v) is 9.66. The number of aryl methyl sites for hydroxylation is 1. The molecule has 3 rings (SSSR count). The number of carbonyl (C=O) groups excluding carboxylic acids is 1. The van der Waals surface area contributed by atoms with Crippen LogP contribution in [0.2, 0.25) is 5.02 Å². The van der Waals surface area contributed by atoms with E-state index in [9.17, 15) is 4.79 Å². The number of nitrogens with one attached hydrogen (secondary N) is 1. The van der Waals surface area contributed by atoms with Crippen LogP contribution >= 0.6 is 22.9 Å². The number of benzene rings is 2. The summed E-state index contributed by atoms with van der Waals surface area (Å²) >= 11 is 7.58. The van der Waals surface area contributed by atoms with Crippen molar-refractivity contribution in [2.24, 2.45) is 10.7 Å². The monoisotopic (exact) mass is 398 g/mol. The lowest BCUT2D eigenvalue weighted by molar-refractivity contribution is -0.119. The van der Waals surface area contributed by atoms with Crippen molar-refractivity contribution in [3.63, 3.8) is 0 Å². The van der Waals surface area contributed by atoms with Crippen LogP contribution in [-0.4, -0.2) is 17.1 Å². The molecule has 0 aliphatic heterocycles. The van der Waals surface area contributed by atoms with Crippen molar-refractivity contribution in [1.82, 2.24) is 10.3 Å². The van der Waals surface area contributed by atoms with Gasteiger partial charge >= 0.3 is 0 Å². The van der Waals surface area contributed by atoms with Gasteiger partial charge in [0.25, 0.3) is 0 Å². The molecule has 3 aromatic rings. The lowest BCUT2D eigenvalue weighted by Gasteiger charge is -2.07. The molecular weight excluding hydrogens is 380 g/mol. The number of fused-ring (bicyclic) bond motifs is 1. The predicted octanol–water partition coefficient (Wildman–Crippen LogP) is 4.37. The predicted molar refractivity (Wildman–Crippen MR) is 113 cm³/mol. The second kappa shape index (κ2) is 8.79. The first-order valence-electron chi connectivity index (χ1n) is 8.47. The number of halogens is 1. The zero-order valence-electron chi connectivity index (χ0n) is 14.8. The Morgan fingerprint density at radius 1 is 1.30 bits per heavy atom. The number of allylic oxidation sites excluding steroid dienone is 1. The van der Waals surface area contributed by atoms with E-state index in [1.54, 1.807) is 6.07 Å². The van der Waals surface area contributed by atoms with E-state index in [1.807, 2.05) is 43.3 Å². The second-order valence-corrected chi connectivity index (χ2v) is 7.34. The average Bonchev–Trinajstić information content (AvgIpc) is 3.07. The third-order valence-electron chi connectivity index (χ3n) is 3.85. The van der Waals surface area contributed by atoms with Crippen LogP contribution in [0.4, 0.5) is 5.13 Å². The molecule has 0 spiro atoms. The minimum Gasteiger partial charge on any atom is -0.403 e. The molecule has 0 aliphatic carbocycles. The minimum atomic E-state index is -0.188. The number of amides is 1. The Kier molecular flexibility index (Phi) is 6.21. The Morgan fingerprint density at radius 3 is 2.81 bits per heavy atom. The molecule has 0 aliphatic rings. The third kappa shape index (κ3) is 5.15. The largest absolute Gasteiger partial charge is 0.403 e. The number of aromatic nitrogens is 1. The van der Waals surface area contributed by atoms with Gasteiger partial charge in [-0.05, 0) is 41.8 Å². The van der Waals surface area contributed by atoms with Gasteiger partial charge in [-0.2, -0.15) is 0 Å². The molecule has 0 fully saturated rings. The standard InChI is InChI=1S/C20H19ClN4OS/c1-2-13-7-14(9-15(21)8-13)10-19(26)24-16(11-22)12-23-20-25-17-5-3-4-6-18(17)27-20/h3-9,11-12H,2,10,22H2,1H3,(H,24,26). The topological polar surface area (TPSA) is 80.4 Å². The van der Waals surface area contributed by atoms with Gasteiger partial charge in [0, 0.05) is 11.2 Å². The molecule has 0 atom stereocenters. The summed E-state index contributed by atoms with van der Waals surface area (Å²) in [6.45, 7) is 2.04. The summed E-state index contributed by atoms with van der Waals surface area (Å²) in [6, 6.07) is 13.5. The Balaban J connectivity index is 1.66. The van der Waals surface area contributed by atoms with E-state index in [0.29, 0.717) is 15.9 Å². The number of aliphatic imine (C=N–C) groups is 1. The molecule has 7 heteroatoms. The van der Waals surface area contributed by atoms with E-state index in [-0.39, 0.29) is 12.3 Å². The fraction of sp³-hybridized carbons (Fsp3) is 0.150. The normalized spacial score (nSPS) is 12.0. The number of nitrogens with zero attached hydrogens (tertiary/aromatic N) is 2. The van der Waals surface area contributed by atoms with Crippen LogP contribution in [0, 0.1) is 0 Å². The van der Waals surface area contributed by atoms with Gasteiger partial charge in [-0.15, -0.1) is 0 Å². The van der Waals surface area contributed by atoms with E-state index in [1.165, 1.54) is 23.8 Å². The van der Waals surface area contributed by atoms with Gasteiger partial charge < -0.3 is 11.1 Å². The molecule has 0 saturated heterocycles. The van der Waals surface area contributed by atoms with E-state index >= 15 is 0 Å². The molecule has 5 nitrogen and oxygen atoms in total. The third-order valence-corrected chi connectivity index (χ3v) is 5.01. The van der Waals surface area contributed by atoms with Crippen LogP contribution in [0.3, 0.4) is 0 Å². The van der Waals surface area contributed by atoms with Crippen molar-refractivity contribution < 1.29 is 4.79 Å². The van der Waals surface area contributed by atoms with Crippen LogP contribution in [0.5, 0.6) is 0 Å². The Hall–Kier alpha value is -2.70. The Labute approximate surface area is 166 Å². The number of para-hydroxylation sites is 1. The number of carbonyl (C=O) groups is 1. The second-order valence-electron chi connectivity index (χ2n) is 5.89. The smallest absolute Gasteiger partial charge is 0.228 e. The van der Waals surface area contributed by atoms with Crippen molar-refractivity contribution in [3.05, 3.63) is 70.5 Å². The summed E-state index contributed by atoms with van der Waals surface area (Å²) < 4.78 is 1.06. The average molecular weight is 399 g/mol. The molecule has 138 valence electrons. The van der Waals surface area contributed by atoms with E-state index in [4.69, 9.17) is 17.3 Å². The van der Waals surface area contributed by atoms with Gasteiger partial charge in [0.2, 0.25) is 11.0 Å². The fourth-order valence-corrected chi connectivity index (χ4v) is 3.66. The van der Waals surface area contributed by atoms with E-state index < -0.39 is 0 Å².